The van der Waals surface area contributed by atoms with Crippen LogP contribution in [0.3, 0.4) is 0 Å². The molecule has 0 bridgehead atoms. The summed E-state index contributed by atoms with van der Waals surface area (Å²) in [6.45, 7) is 8.09. The van der Waals surface area contributed by atoms with Crippen molar-refractivity contribution in [2.75, 3.05) is 14.2 Å². The molecule has 0 radical (unpaired) electrons. The number of hydrogen-bond donors (Lipinski definition) is 0. The number of methoxy groups -OCH3 is 1. The van der Waals surface area contributed by atoms with Crippen molar-refractivity contribution in [3.63, 3.8) is 0 Å². The van der Waals surface area contributed by atoms with Crippen LogP contribution in [-0.2, 0) is 4.79 Å². The summed E-state index contributed by atoms with van der Waals surface area (Å²) in [5.74, 6) is 1.15. The first kappa shape index (κ1) is 24.5. The molecule has 1 amide bonds. The van der Waals surface area contributed by atoms with Crippen LogP contribution < -0.4 is 10.3 Å². The van der Waals surface area contributed by atoms with E-state index in [4.69, 9.17) is 9.72 Å². The number of unbranched alkanes of at least 4 members (excludes halogenated alkanes) is 1. The van der Waals surface area contributed by atoms with Gasteiger partial charge in [-0.3, -0.25) is 14.2 Å². The zero-order valence-electron chi connectivity index (χ0n) is 20.6. The van der Waals surface area contributed by atoms with E-state index in [1.165, 1.54) is 0 Å². The molecule has 6 nitrogen and oxygen atoms in total. The fourth-order valence-corrected chi connectivity index (χ4v) is 4.24. The molecule has 0 aliphatic heterocycles. The van der Waals surface area contributed by atoms with Crippen LogP contribution in [-0.4, -0.2) is 34.5 Å². The van der Waals surface area contributed by atoms with E-state index in [9.17, 15) is 9.59 Å². The van der Waals surface area contributed by atoms with Gasteiger partial charge in [0.05, 0.1) is 29.7 Å². The van der Waals surface area contributed by atoms with Crippen LogP contribution in [0.5, 0.6) is 5.75 Å². The summed E-state index contributed by atoms with van der Waals surface area (Å²) in [7, 11) is 3.40. The highest BCUT2D eigenvalue weighted by molar-refractivity contribution is 5.80. The fourth-order valence-electron chi connectivity index (χ4n) is 4.24. The van der Waals surface area contributed by atoms with Gasteiger partial charge in [0.15, 0.2) is 0 Å². The summed E-state index contributed by atoms with van der Waals surface area (Å²) in [6, 6.07) is 12.6. The molecule has 3 rings (SSSR count). The number of nitrogens with zero attached hydrogens (tertiary/aromatic N) is 3. The normalized spacial score (nSPS) is 13.0. The van der Waals surface area contributed by atoms with Crippen LogP contribution in [0.2, 0.25) is 0 Å². The maximum atomic E-state index is 13.7. The molecule has 0 saturated carbocycles. The van der Waals surface area contributed by atoms with Crippen molar-refractivity contribution < 1.29 is 9.53 Å². The highest BCUT2D eigenvalue weighted by atomic mass is 16.5. The van der Waals surface area contributed by atoms with Crippen LogP contribution in [0, 0.1) is 12.8 Å². The number of carbonyl (C=O) groups is 1. The largest absolute Gasteiger partial charge is 0.495 e. The third-order valence-electron chi connectivity index (χ3n) is 6.43. The highest BCUT2D eigenvalue weighted by Gasteiger charge is 2.28. The predicted molar refractivity (Wildman–Crippen MR) is 133 cm³/mol. The lowest BCUT2D eigenvalue weighted by Gasteiger charge is -2.30. The summed E-state index contributed by atoms with van der Waals surface area (Å²) in [5.41, 5.74) is 2.07. The first-order valence-electron chi connectivity index (χ1n) is 11.8. The molecule has 2 atom stereocenters. The summed E-state index contributed by atoms with van der Waals surface area (Å²) in [6.07, 6.45) is 3.74. The third kappa shape index (κ3) is 4.95. The van der Waals surface area contributed by atoms with Crippen molar-refractivity contribution >= 4 is 16.8 Å². The molecule has 2 unspecified atom stereocenters. The number of carbonyl (C=O) groups excluding carboxylic acids is 1. The maximum absolute atomic E-state index is 13.7. The molecule has 0 spiro atoms. The van der Waals surface area contributed by atoms with Crippen LogP contribution in [0.4, 0.5) is 0 Å². The Morgan fingerprint density at radius 3 is 2.58 bits per heavy atom. The van der Waals surface area contributed by atoms with Gasteiger partial charge in [-0.2, -0.15) is 0 Å². The average molecular weight is 450 g/mol. The van der Waals surface area contributed by atoms with Gasteiger partial charge in [-0.05, 0) is 56.5 Å². The summed E-state index contributed by atoms with van der Waals surface area (Å²) in [5, 5.41) is 0.528. The van der Waals surface area contributed by atoms with Gasteiger partial charge in [0.1, 0.15) is 11.6 Å². The van der Waals surface area contributed by atoms with Gasteiger partial charge in [-0.25, -0.2) is 4.98 Å². The number of fused-ring (bicyclic) bond motifs is 1. The number of benzene rings is 2. The third-order valence-corrected chi connectivity index (χ3v) is 6.43. The molecular formula is C27H35N3O3. The van der Waals surface area contributed by atoms with E-state index in [-0.39, 0.29) is 17.4 Å². The van der Waals surface area contributed by atoms with E-state index in [2.05, 4.69) is 13.8 Å². The number of aromatic nitrogens is 2. The first-order chi connectivity index (χ1) is 15.8. The number of amides is 1. The number of rotatable bonds is 9. The van der Waals surface area contributed by atoms with Crippen LogP contribution in [0.25, 0.3) is 16.6 Å². The Morgan fingerprint density at radius 2 is 1.91 bits per heavy atom. The quantitative estimate of drug-likeness (QED) is 0.436. The first-order valence-corrected chi connectivity index (χ1v) is 11.8. The Morgan fingerprint density at radius 1 is 1.18 bits per heavy atom. The van der Waals surface area contributed by atoms with Crippen molar-refractivity contribution in [1.82, 2.24) is 14.5 Å². The Kier molecular flexibility index (Phi) is 7.90. The number of para-hydroxylation sites is 1. The molecule has 0 fully saturated rings. The van der Waals surface area contributed by atoms with E-state index < -0.39 is 6.04 Å². The lowest BCUT2D eigenvalue weighted by atomic mass is 9.97. The lowest BCUT2D eigenvalue weighted by Crippen LogP contribution is -2.38. The van der Waals surface area contributed by atoms with Crippen molar-refractivity contribution in [3.05, 3.63) is 64.2 Å². The zero-order valence-corrected chi connectivity index (χ0v) is 20.6. The summed E-state index contributed by atoms with van der Waals surface area (Å²) >= 11 is 0. The molecule has 176 valence electrons. The topological polar surface area (TPSA) is 64.4 Å². The summed E-state index contributed by atoms with van der Waals surface area (Å²) < 4.78 is 7.20. The maximum Gasteiger partial charge on any atom is 0.266 e. The van der Waals surface area contributed by atoms with Crippen LogP contribution >= 0.6 is 0 Å². The van der Waals surface area contributed by atoms with Gasteiger partial charge in [0, 0.05) is 13.0 Å². The van der Waals surface area contributed by atoms with Gasteiger partial charge in [-0.1, -0.05) is 44.9 Å². The number of aryl methyl sites for hydroxylation is 1. The second-order valence-corrected chi connectivity index (χ2v) is 8.68. The lowest BCUT2D eigenvalue weighted by molar-refractivity contribution is -0.136. The Labute approximate surface area is 196 Å². The van der Waals surface area contributed by atoms with Crippen LogP contribution in [0.1, 0.15) is 63.9 Å². The van der Waals surface area contributed by atoms with Gasteiger partial charge < -0.3 is 9.64 Å². The molecule has 1 aromatic heterocycles. The Bertz CT molecular complexity index is 1180. The average Bonchev–Trinajstić information content (AvgIpc) is 2.83. The Balaban J connectivity index is 2.20. The second-order valence-electron chi connectivity index (χ2n) is 8.68. The van der Waals surface area contributed by atoms with Crippen molar-refractivity contribution in [2.45, 2.75) is 59.4 Å². The van der Waals surface area contributed by atoms with Gasteiger partial charge in [0.2, 0.25) is 5.91 Å². The van der Waals surface area contributed by atoms with Crippen molar-refractivity contribution in [2.24, 2.45) is 5.92 Å². The highest BCUT2D eigenvalue weighted by Crippen LogP contribution is 2.29. The van der Waals surface area contributed by atoms with Gasteiger partial charge in [0.25, 0.3) is 5.56 Å². The van der Waals surface area contributed by atoms with Crippen molar-refractivity contribution in [1.29, 1.82) is 0 Å². The molecule has 0 aliphatic rings. The molecule has 2 aromatic carbocycles. The van der Waals surface area contributed by atoms with E-state index >= 15 is 0 Å². The summed E-state index contributed by atoms with van der Waals surface area (Å²) in [4.78, 5) is 33.7. The molecule has 0 saturated heterocycles. The molecule has 33 heavy (non-hydrogen) atoms. The van der Waals surface area contributed by atoms with Crippen LogP contribution in [0.15, 0.2) is 47.3 Å². The predicted octanol–water partition coefficient (Wildman–Crippen LogP) is 5.44. The second kappa shape index (κ2) is 10.6. The van der Waals surface area contributed by atoms with Gasteiger partial charge >= 0.3 is 0 Å². The van der Waals surface area contributed by atoms with E-state index in [0.29, 0.717) is 28.2 Å². The number of ether oxygens (including phenoxy) is 1. The SMILES string of the molecule is CCCCC(CC)C(=O)N(C)C(C)c1nc2ccccc2c(=O)n1-c1cc(C)ccc1OC. The van der Waals surface area contributed by atoms with E-state index in [1.807, 2.05) is 50.2 Å². The molecule has 0 N–H and O–H groups in total. The molecule has 1 heterocycles. The monoisotopic (exact) mass is 449 g/mol. The molecule has 0 aliphatic carbocycles. The molecule has 6 heteroatoms. The standard InChI is InChI=1S/C27H35N3O3/c1-7-9-12-20(8-2)26(31)29(5)19(4)25-28-22-14-11-10-13-21(22)27(32)30(25)23-17-18(3)15-16-24(23)33-6/h10-11,13-17,19-20H,7-9,12H2,1-6H3. The minimum atomic E-state index is -0.407. The van der Waals surface area contributed by atoms with E-state index in [0.717, 1.165) is 31.2 Å². The Hall–Kier alpha value is -3.15. The minimum absolute atomic E-state index is 0.0356. The van der Waals surface area contributed by atoms with Crippen molar-refractivity contribution in [3.8, 4) is 11.4 Å². The molecular weight excluding hydrogens is 414 g/mol. The smallest absolute Gasteiger partial charge is 0.266 e. The fraction of sp³-hybridized carbons (Fsp3) is 0.444. The zero-order chi connectivity index (χ0) is 24.1. The minimum Gasteiger partial charge on any atom is -0.495 e. The van der Waals surface area contributed by atoms with E-state index in [1.54, 1.807) is 29.7 Å². The number of hydrogen-bond acceptors (Lipinski definition) is 4. The van der Waals surface area contributed by atoms with Gasteiger partial charge in [-0.15, -0.1) is 0 Å². The molecule has 3 aromatic rings.